The van der Waals surface area contributed by atoms with Crippen LogP contribution in [0.4, 0.5) is 10.1 Å². The van der Waals surface area contributed by atoms with E-state index in [4.69, 9.17) is 11.6 Å². The van der Waals surface area contributed by atoms with Gasteiger partial charge in [-0.2, -0.15) is 0 Å². The Bertz CT molecular complexity index is 964. The van der Waals surface area contributed by atoms with Crippen molar-refractivity contribution in [2.24, 2.45) is 0 Å². The summed E-state index contributed by atoms with van der Waals surface area (Å²) in [6.45, 7) is 2.93. The topological polar surface area (TPSA) is 60.9 Å². The summed E-state index contributed by atoms with van der Waals surface area (Å²) in [7, 11) is -3.74. The molecule has 1 aliphatic rings. The van der Waals surface area contributed by atoms with Crippen molar-refractivity contribution >= 4 is 33.2 Å². The van der Waals surface area contributed by atoms with E-state index in [1.165, 1.54) is 17.7 Å². The highest BCUT2D eigenvalue weighted by Crippen LogP contribution is 2.24. The van der Waals surface area contributed by atoms with Gasteiger partial charge in [0.05, 0.1) is 17.0 Å². The van der Waals surface area contributed by atoms with Crippen LogP contribution in [0.2, 0.25) is 5.02 Å². The molecule has 3 rings (SSSR count). The van der Waals surface area contributed by atoms with Crippen molar-refractivity contribution in [1.29, 1.82) is 0 Å². The van der Waals surface area contributed by atoms with Gasteiger partial charge in [-0.25, -0.2) is 12.8 Å². The van der Waals surface area contributed by atoms with Gasteiger partial charge in [0.2, 0.25) is 15.9 Å². The summed E-state index contributed by atoms with van der Waals surface area (Å²) in [4.78, 5) is 16.7. The third-order valence-electron chi connectivity index (χ3n) is 4.84. The highest BCUT2D eigenvalue weighted by Gasteiger charge is 2.27. The average molecular weight is 440 g/mol. The predicted octanol–water partition coefficient (Wildman–Crippen LogP) is 2.59. The molecule has 1 heterocycles. The van der Waals surface area contributed by atoms with E-state index in [1.807, 2.05) is 18.2 Å². The summed E-state index contributed by atoms with van der Waals surface area (Å²) in [5, 5.41) is -0.196. The van der Waals surface area contributed by atoms with Crippen molar-refractivity contribution in [2.75, 3.05) is 43.3 Å². The normalized spacial score (nSPS) is 15.3. The summed E-state index contributed by atoms with van der Waals surface area (Å²) in [6, 6.07) is 13.7. The molecule has 0 atom stereocenters. The number of carbonyl (C=O) groups excluding carboxylic acids is 1. The van der Waals surface area contributed by atoms with Gasteiger partial charge in [-0.1, -0.05) is 41.9 Å². The number of sulfonamides is 1. The van der Waals surface area contributed by atoms with Crippen LogP contribution in [0, 0.1) is 5.82 Å². The van der Waals surface area contributed by atoms with Gasteiger partial charge in [-0.05, 0) is 23.8 Å². The molecule has 1 amide bonds. The molecule has 0 N–H and O–H groups in total. The van der Waals surface area contributed by atoms with Crippen molar-refractivity contribution in [3.8, 4) is 0 Å². The van der Waals surface area contributed by atoms with Crippen molar-refractivity contribution in [3.05, 3.63) is 64.9 Å². The molecule has 2 aromatic carbocycles. The highest BCUT2D eigenvalue weighted by molar-refractivity contribution is 7.92. The lowest BCUT2D eigenvalue weighted by Crippen LogP contribution is -2.51. The maximum absolute atomic E-state index is 13.4. The lowest BCUT2D eigenvalue weighted by atomic mass is 10.2. The van der Waals surface area contributed by atoms with Crippen LogP contribution in [0.15, 0.2) is 48.5 Å². The number of rotatable bonds is 6. The molecule has 0 spiro atoms. The van der Waals surface area contributed by atoms with Crippen LogP contribution < -0.4 is 4.31 Å². The summed E-state index contributed by atoms with van der Waals surface area (Å²) in [5.74, 6) is -0.944. The average Bonchev–Trinajstić information content (AvgIpc) is 2.69. The summed E-state index contributed by atoms with van der Waals surface area (Å²) >= 11 is 5.78. The molecule has 6 nitrogen and oxygen atoms in total. The van der Waals surface area contributed by atoms with Crippen molar-refractivity contribution < 1.29 is 17.6 Å². The van der Waals surface area contributed by atoms with Crippen molar-refractivity contribution in [1.82, 2.24) is 9.80 Å². The second-order valence-corrected chi connectivity index (χ2v) is 9.32. The van der Waals surface area contributed by atoms with Gasteiger partial charge in [0.15, 0.2) is 0 Å². The summed E-state index contributed by atoms with van der Waals surface area (Å²) < 4.78 is 38.8. The van der Waals surface area contributed by atoms with Gasteiger partial charge in [0.25, 0.3) is 0 Å². The molecule has 0 radical (unpaired) electrons. The first-order valence-electron chi connectivity index (χ1n) is 9.21. The third kappa shape index (κ3) is 5.68. The fourth-order valence-electron chi connectivity index (χ4n) is 3.26. The first-order valence-corrected chi connectivity index (χ1v) is 11.4. The molecule has 1 saturated heterocycles. The van der Waals surface area contributed by atoms with Crippen LogP contribution in [-0.4, -0.2) is 63.1 Å². The standard InChI is InChI=1S/C20H23ClFN3O3S/c1-29(27,28)25(17-7-8-19(22)18(21)13-17)15-20(26)24-11-9-23(10-12-24)14-16-5-3-2-4-6-16/h2-8,13H,9-12,14-15H2,1H3. The van der Waals surface area contributed by atoms with E-state index in [2.05, 4.69) is 17.0 Å². The van der Waals surface area contributed by atoms with Crippen molar-refractivity contribution in [3.63, 3.8) is 0 Å². The van der Waals surface area contributed by atoms with Gasteiger partial charge in [-0.3, -0.25) is 14.0 Å². The molecule has 156 valence electrons. The Morgan fingerprint density at radius 2 is 1.76 bits per heavy atom. The number of carbonyl (C=O) groups is 1. The molecule has 2 aromatic rings. The summed E-state index contributed by atoms with van der Waals surface area (Å²) in [6.07, 6.45) is 1.01. The Morgan fingerprint density at radius 1 is 1.10 bits per heavy atom. The van der Waals surface area contributed by atoms with Crippen LogP contribution >= 0.6 is 11.6 Å². The minimum Gasteiger partial charge on any atom is -0.339 e. The molecule has 0 aromatic heterocycles. The Kier molecular flexibility index (Phi) is 6.77. The Hall–Kier alpha value is -2.16. The van der Waals surface area contributed by atoms with Crippen LogP contribution in [0.25, 0.3) is 0 Å². The molecule has 0 aliphatic carbocycles. The molecular weight excluding hydrogens is 417 g/mol. The van der Waals surface area contributed by atoms with Gasteiger partial charge in [-0.15, -0.1) is 0 Å². The fourth-order valence-corrected chi connectivity index (χ4v) is 4.28. The largest absolute Gasteiger partial charge is 0.339 e. The number of halogens is 2. The molecule has 0 saturated carbocycles. The molecule has 0 bridgehead atoms. The number of benzene rings is 2. The maximum Gasteiger partial charge on any atom is 0.243 e. The minimum absolute atomic E-state index is 0.162. The summed E-state index contributed by atoms with van der Waals surface area (Å²) in [5.41, 5.74) is 1.37. The molecule has 9 heteroatoms. The van der Waals surface area contributed by atoms with Crippen LogP contribution in [0.3, 0.4) is 0 Å². The quantitative estimate of drug-likeness (QED) is 0.694. The minimum atomic E-state index is -3.74. The van der Waals surface area contributed by atoms with Gasteiger partial charge in [0.1, 0.15) is 12.4 Å². The Labute approximate surface area is 175 Å². The molecular formula is C20H23ClFN3O3S. The van der Waals surface area contributed by atoms with E-state index >= 15 is 0 Å². The SMILES string of the molecule is CS(=O)(=O)N(CC(=O)N1CCN(Cc2ccccc2)CC1)c1ccc(F)c(Cl)c1. The van der Waals surface area contributed by atoms with E-state index in [0.29, 0.717) is 26.2 Å². The van der Waals surface area contributed by atoms with E-state index in [9.17, 15) is 17.6 Å². The van der Waals surface area contributed by atoms with E-state index in [1.54, 1.807) is 4.90 Å². The first-order chi connectivity index (χ1) is 13.7. The van der Waals surface area contributed by atoms with Crippen LogP contribution in [0.1, 0.15) is 5.56 Å². The maximum atomic E-state index is 13.4. The van der Waals surface area contributed by atoms with E-state index in [0.717, 1.165) is 23.2 Å². The second-order valence-electron chi connectivity index (χ2n) is 7.01. The Morgan fingerprint density at radius 3 is 2.34 bits per heavy atom. The number of nitrogens with zero attached hydrogens (tertiary/aromatic N) is 3. The smallest absolute Gasteiger partial charge is 0.243 e. The third-order valence-corrected chi connectivity index (χ3v) is 6.27. The zero-order valence-electron chi connectivity index (χ0n) is 16.1. The van der Waals surface area contributed by atoms with Gasteiger partial charge >= 0.3 is 0 Å². The fraction of sp³-hybridized carbons (Fsp3) is 0.350. The highest BCUT2D eigenvalue weighted by atomic mass is 35.5. The number of hydrogen-bond donors (Lipinski definition) is 0. The number of piperazine rings is 1. The molecule has 1 fully saturated rings. The van der Waals surface area contributed by atoms with Gasteiger partial charge in [0, 0.05) is 32.7 Å². The van der Waals surface area contributed by atoms with Crippen LogP contribution in [0.5, 0.6) is 0 Å². The second kappa shape index (κ2) is 9.11. The molecule has 29 heavy (non-hydrogen) atoms. The number of amides is 1. The van der Waals surface area contributed by atoms with Crippen molar-refractivity contribution in [2.45, 2.75) is 6.54 Å². The predicted molar refractivity (Wildman–Crippen MR) is 112 cm³/mol. The number of anilines is 1. The Balaban J connectivity index is 1.62. The first kappa shape index (κ1) is 21.5. The zero-order valence-corrected chi connectivity index (χ0v) is 17.7. The van der Waals surface area contributed by atoms with Gasteiger partial charge < -0.3 is 4.90 Å². The lowest BCUT2D eigenvalue weighted by molar-refractivity contribution is -0.131. The molecule has 1 aliphatic heterocycles. The monoisotopic (exact) mass is 439 g/mol. The lowest BCUT2D eigenvalue weighted by Gasteiger charge is -2.35. The molecule has 0 unspecified atom stereocenters. The zero-order chi connectivity index (χ0) is 21.0. The van der Waals surface area contributed by atoms with Crippen LogP contribution in [-0.2, 0) is 21.4 Å². The number of hydrogen-bond acceptors (Lipinski definition) is 4. The van der Waals surface area contributed by atoms with E-state index < -0.39 is 15.8 Å². The van der Waals surface area contributed by atoms with E-state index in [-0.39, 0.29) is 23.2 Å².